The molecule has 0 bridgehead atoms. The quantitative estimate of drug-likeness (QED) is 0.805. The van der Waals surface area contributed by atoms with E-state index in [-0.39, 0.29) is 47.0 Å². The van der Waals surface area contributed by atoms with Gasteiger partial charge in [-0.05, 0) is 12.1 Å². The normalized spacial score (nSPS) is 9.73. The average molecular weight is 350 g/mol. The summed E-state index contributed by atoms with van der Waals surface area (Å²) in [6.07, 6.45) is 2.36. The summed E-state index contributed by atoms with van der Waals surface area (Å²) in [4.78, 5) is 3.81. The number of halogens is 1. The Bertz CT molecular complexity index is 450. The smallest absolute Gasteiger partial charge is 0.573 e. The van der Waals surface area contributed by atoms with Crippen molar-refractivity contribution >= 4 is 11.6 Å². The third-order valence-corrected chi connectivity index (χ3v) is 2.22. The van der Waals surface area contributed by atoms with Crippen LogP contribution < -0.4 is 0 Å². The molecule has 0 amide bonds. The van der Waals surface area contributed by atoms with Crippen molar-refractivity contribution in [2.75, 3.05) is 0 Å². The number of nitrogens with zero attached hydrogens (tertiary/aromatic N) is 1. The fourth-order valence-corrected chi connectivity index (χ4v) is 1.49. The predicted molar refractivity (Wildman–Crippen MR) is 52.2 cm³/mol. The van der Waals surface area contributed by atoms with Crippen molar-refractivity contribution in [2.24, 2.45) is 0 Å². The molecule has 0 unspecified atom stereocenters. The third kappa shape index (κ3) is 2.52. The van der Waals surface area contributed by atoms with E-state index in [1.54, 1.807) is 25.1 Å². The Morgan fingerprint density at radius 1 is 1.47 bits per heavy atom. The zero-order valence-corrected chi connectivity index (χ0v) is 12.5. The minimum atomic E-state index is 0. The van der Waals surface area contributed by atoms with Crippen LogP contribution in [0.4, 0.5) is 0 Å². The molecule has 1 aromatic carbocycles. The molecule has 3 nitrogen and oxygen atoms in total. The largest absolute Gasteiger partial charge is 3.00 e. The molecule has 0 aliphatic rings. The van der Waals surface area contributed by atoms with Crippen molar-refractivity contribution in [3.8, 4) is 17.1 Å². The number of aryl methyl sites for hydroxylation is 1. The molecule has 0 saturated carbocycles. The summed E-state index contributed by atoms with van der Waals surface area (Å²) in [5.41, 5.74) is 1.11. The number of aromatic hydroxyl groups is 1. The molecule has 0 radical (unpaired) electrons. The van der Waals surface area contributed by atoms with Crippen LogP contribution >= 0.6 is 11.6 Å². The maximum Gasteiger partial charge on any atom is 3.00 e. The molecule has 0 spiro atoms. The molecule has 0 aliphatic heterocycles. The summed E-state index contributed by atoms with van der Waals surface area (Å²) in [6, 6.07) is 4.89. The molecule has 0 atom stereocenters. The molecule has 0 aliphatic carbocycles. The molecule has 1 aromatic heterocycles. The molecule has 72 valence electrons. The van der Waals surface area contributed by atoms with Gasteiger partial charge in [-0.2, -0.15) is 0 Å². The molecule has 0 saturated heterocycles. The van der Waals surface area contributed by atoms with Gasteiger partial charge in [0.25, 0.3) is 0 Å². The zero-order valence-electron chi connectivity index (χ0n) is 7.99. The summed E-state index contributed by atoms with van der Waals surface area (Å²) < 4.78 is 5.03. The first-order valence-electron chi connectivity index (χ1n) is 4.01. The SMILES string of the molecule is Cc1n[c-]oc1-c1c(O)cccc1Cl.[Pr+3]. The number of benzene rings is 1. The number of phenols is 1. The van der Waals surface area contributed by atoms with Crippen molar-refractivity contribution < 1.29 is 50.8 Å². The van der Waals surface area contributed by atoms with Crippen LogP contribution in [-0.4, -0.2) is 10.1 Å². The standard InChI is InChI=1S/C10H7ClNO2.Pr/c1-6-10(14-5-12-6)9-7(11)3-2-4-8(9)13;/h2-4,13H,1H3;/q-1;+3. The summed E-state index contributed by atoms with van der Waals surface area (Å²) in [5, 5.41) is 10.0. The first kappa shape index (κ1) is 13.0. The molecule has 2 aromatic rings. The Morgan fingerprint density at radius 2 is 2.20 bits per heavy atom. The van der Waals surface area contributed by atoms with E-state index >= 15 is 0 Å². The summed E-state index contributed by atoms with van der Waals surface area (Å²) in [7, 11) is 0. The van der Waals surface area contributed by atoms with E-state index < -0.39 is 0 Å². The van der Waals surface area contributed by atoms with Gasteiger partial charge < -0.3 is 14.5 Å². The minimum absolute atomic E-state index is 0. The van der Waals surface area contributed by atoms with E-state index in [0.717, 1.165) is 0 Å². The van der Waals surface area contributed by atoms with Gasteiger partial charge in [0.1, 0.15) is 12.1 Å². The zero-order chi connectivity index (χ0) is 10.1. The van der Waals surface area contributed by atoms with E-state index in [9.17, 15) is 5.11 Å². The first-order valence-corrected chi connectivity index (χ1v) is 4.39. The van der Waals surface area contributed by atoms with Crippen molar-refractivity contribution in [1.29, 1.82) is 0 Å². The monoisotopic (exact) mass is 349 g/mol. The average Bonchev–Trinajstić information content (AvgIpc) is 2.52. The minimum Gasteiger partial charge on any atom is -0.573 e. The fraction of sp³-hybridized carbons (Fsp3) is 0.100. The van der Waals surface area contributed by atoms with Gasteiger partial charge in [-0.3, -0.25) is 0 Å². The van der Waals surface area contributed by atoms with Gasteiger partial charge in [-0.1, -0.05) is 30.3 Å². The van der Waals surface area contributed by atoms with Crippen LogP contribution in [0.5, 0.6) is 5.75 Å². The number of rotatable bonds is 1. The van der Waals surface area contributed by atoms with Gasteiger partial charge in [0.2, 0.25) is 0 Å². The molecule has 15 heavy (non-hydrogen) atoms. The Labute approximate surface area is 125 Å². The van der Waals surface area contributed by atoms with Gasteiger partial charge in [0.05, 0.1) is 0 Å². The van der Waals surface area contributed by atoms with Crippen LogP contribution in [0.15, 0.2) is 22.6 Å². The van der Waals surface area contributed by atoms with Crippen LogP contribution in [0.25, 0.3) is 11.3 Å². The van der Waals surface area contributed by atoms with Crippen molar-refractivity contribution in [3.05, 3.63) is 35.3 Å². The second kappa shape index (κ2) is 5.28. The Morgan fingerprint density at radius 3 is 2.73 bits per heavy atom. The Kier molecular flexibility index (Phi) is 4.56. The van der Waals surface area contributed by atoms with Gasteiger partial charge in [0.15, 0.2) is 0 Å². The van der Waals surface area contributed by atoms with E-state index in [0.29, 0.717) is 22.0 Å². The van der Waals surface area contributed by atoms with Crippen LogP contribution in [0.3, 0.4) is 0 Å². The molecular formula is C10H7ClNO2Pr+2. The van der Waals surface area contributed by atoms with E-state index in [1.165, 1.54) is 0 Å². The second-order valence-corrected chi connectivity index (χ2v) is 3.26. The van der Waals surface area contributed by atoms with Crippen molar-refractivity contribution in [2.45, 2.75) is 6.92 Å². The van der Waals surface area contributed by atoms with Crippen molar-refractivity contribution in [3.63, 3.8) is 0 Å². The van der Waals surface area contributed by atoms with Gasteiger partial charge in [-0.25, -0.2) is 0 Å². The van der Waals surface area contributed by atoms with Crippen LogP contribution in [0, 0.1) is 54.6 Å². The molecule has 0 fully saturated rings. The topological polar surface area (TPSA) is 46.3 Å². The van der Waals surface area contributed by atoms with E-state index in [2.05, 4.69) is 11.4 Å². The van der Waals surface area contributed by atoms with E-state index in [4.69, 9.17) is 16.0 Å². The number of aromatic nitrogens is 1. The Balaban J connectivity index is 0.00000112. The number of phenolic OH excluding ortho intramolecular Hbond substituents is 1. The second-order valence-electron chi connectivity index (χ2n) is 2.85. The molecule has 1 heterocycles. The summed E-state index contributed by atoms with van der Waals surface area (Å²) >= 11 is 5.93. The van der Waals surface area contributed by atoms with Gasteiger partial charge in [0, 0.05) is 16.3 Å². The molecule has 2 rings (SSSR count). The molecular weight excluding hydrogens is 342 g/mol. The molecule has 5 heteroatoms. The van der Waals surface area contributed by atoms with E-state index in [1.807, 2.05) is 0 Å². The summed E-state index contributed by atoms with van der Waals surface area (Å²) in [5.74, 6) is 0.527. The van der Waals surface area contributed by atoms with Crippen LogP contribution in [0.2, 0.25) is 5.02 Å². The maximum absolute atomic E-state index is 9.60. The predicted octanol–water partition coefficient (Wildman–Crippen LogP) is 2.81. The first-order chi connectivity index (χ1) is 6.70. The maximum atomic E-state index is 9.60. The van der Waals surface area contributed by atoms with Gasteiger partial charge >= 0.3 is 41.3 Å². The van der Waals surface area contributed by atoms with Gasteiger partial charge in [-0.15, -0.1) is 0 Å². The van der Waals surface area contributed by atoms with Crippen molar-refractivity contribution in [1.82, 2.24) is 4.98 Å². The number of hydrogen-bond donors (Lipinski definition) is 1. The van der Waals surface area contributed by atoms with Crippen LogP contribution in [0.1, 0.15) is 5.69 Å². The molecule has 1 N–H and O–H groups in total. The number of hydrogen-bond acceptors (Lipinski definition) is 3. The van der Waals surface area contributed by atoms with Crippen LogP contribution in [-0.2, 0) is 0 Å². The summed E-state index contributed by atoms with van der Waals surface area (Å²) in [6.45, 7) is 1.76. The Hall–Kier alpha value is -0.116. The number of oxazole rings is 1. The third-order valence-electron chi connectivity index (χ3n) is 1.91. The fourth-order valence-electron chi connectivity index (χ4n) is 1.23.